The highest BCUT2D eigenvalue weighted by molar-refractivity contribution is 6.05. The maximum absolute atomic E-state index is 12.3. The van der Waals surface area contributed by atoms with Crippen molar-refractivity contribution in [2.24, 2.45) is 0 Å². The average Bonchev–Trinajstić information content (AvgIpc) is 2.65. The number of hydrogen-bond donors (Lipinski definition) is 2. The first-order valence-electron chi connectivity index (χ1n) is 8.48. The smallest absolute Gasteiger partial charge is 0.255 e. The minimum absolute atomic E-state index is 0.133. The van der Waals surface area contributed by atoms with Crippen molar-refractivity contribution >= 4 is 17.5 Å². The van der Waals surface area contributed by atoms with E-state index < -0.39 is 0 Å². The van der Waals surface area contributed by atoms with Gasteiger partial charge in [0.25, 0.3) is 11.8 Å². The molecule has 0 aromatic heterocycles. The number of carbonyl (C=O) groups is 2. The Kier molecular flexibility index (Phi) is 7.17. The van der Waals surface area contributed by atoms with Crippen molar-refractivity contribution < 1.29 is 14.3 Å². The third-order valence-corrected chi connectivity index (χ3v) is 3.82. The predicted octanol–water partition coefficient (Wildman–Crippen LogP) is 2.63. The molecule has 0 unspecified atom stereocenters. The van der Waals surface area contributed by atoms with Gasteiger partial charge < -0.3 is 20.3 Å². The lowest BCUT2D eigenvalue weighted by Crippen LogP contribution is -2.27. The van der Waals surface area contributed by atoms with Crippen LogP contribution in [0.5, 0.6) is 5.75 Å². The Morgan fingerprint density at radius 3 is 2.04 bits per heavy atom. The lowest BCUT2D eigenvalue weighted by molar-refractivity contribution is 0.0950. The monoisotopic (exact) mass is 355 g/mol. The first kappa shape index (κ1) is 19.5. The summed E-state index contributed by atoms with van der Waals surface area (Å²) in [5.41, 5.74) is 1.71. The quantitative estimate of drug-likeness (QED) is 0.714. The summed E-state index contributed by atoms with van der Waals surface area (Å²) in [6.45, 7) is 1.54. The van der Waals surface area contributed by atoms with Crippen LogP contribution >= 0.6 is 0 Å². The predicted molar refractivity (Wildman–Crippen MR) is 103 cm³/mol. The van der Waals surface area contributed by atoms with E-state index in [1.807, 2.05) is 14.1 Å². The van der Waals surface area contributed by atoms with Gasteiger partial charge in [-0.25, -0.2) is 0 Å². The molecule has 2 amide bonds. The number of ether oxygens (including phenoxy) is 1. The number of methoxy groups -OCH3 is 1. The second-order valence-electron chi connectivity index (χ2n) is 6.17. The van der Waals surface area contributed by atoms with Gasteiger partial charge >= 0.3 is 0 Å². The summed E-state index contributed by atoms with van der Waals surface area (Å²) >= 11 is 0. The number of amides is 2. The van der Waals surface area contributed by atoms with Gasteiger partial charge in [0, 0.05) is 23.4 Å². The highest BCUT2D eigenvalue weighted by Crippen LogP contribution is 2.16. The molecule has 0 atom stereocenters. The van der Waals surface area contributed by atoms with E-state index >= 15 is 0 Å². The molecule has 2 aromatic carbocycles. The number of nitrogens with one attached hydrogen (secondary N) is 2. The zero-order chi connectivity index (χ0) is 18.9. The van der Waals surface area contributed by atoms with Crippen LogP contribution in [0, 0.1) is 0 Å². The number of nitrogens with zero attached hydrogens (tertiary/aromatic N) is 1. The van der Waals surface area contributed by atoms with Crippen molar-refractivity contribution in [1.82, 2.24) is 10.2 Å². The molecule has 0 aliphatic carbocycles. The maximum atomic E-state index is 12.3. The summed E-state index contributed by atoms with van der Waals surface area (Å²) < 4.78 is 5.09. The summed E-state index contributed by atoms with van der Waals surface area (Å²) in [7, 11) is 5.59. The fraction of sp³-hybridized carbons (Fsp3) is 0.300. The molecule has 0 spiro atoms. The second kappa shape index (κ2) is 9.58. The van der Waals surface area contributed by atoms with Gasteiger partial charge in [-0.15, -0.1) is 0 Å². The van der Waals surface area contributed by atoms with Crippen molar-refractivity contribution in [3.05, 3.63) is 59.7 Å². The van der Waals surface area contributed by atoms with E-state index in [0.29, 0.717) is 23.4 Å². The lowest BCUT2D eigenvalue weighted by Gasteiger charge is -2.10. The maximum Gasteiger partial charge on any atom is 0.255 e. The first-order chi connectivity index (χ1) is 12.5. The Morgan fingerprint density at radius 2 is 1.50 bits per heavy atom. The Balaban J connectivity index is 1.88. The fourth-order valence-electron chi connectivity index (χ4n) is 2.35. The van der Waals surface area contributed by atoms with Gasteiger partial charge in [0.2, 0.25) is 0 Å². The Morgan fingerprint density at radius 1 is 0.923 bits per heavy atom. The normalized spacial score (nSPS) is 10.5. The molecule has 0 aliphatic heterocycles. The third-order valence-electron chi connectivity index (χ3n) is 3.82. The van der Waals surface area contributed by atoms with Gasteiger partial charge in [-0.2, -0.15) is 0 Å². The molecular weight excluding hydrogens is 330 g/mol. The lowest BCUT2D eigenvalue weighted by atomic mass is 10.1. The van der Waals surface area contributed by atoms with Crippen LogP contribution in [0.2, 0.25) is 0 Å². The molecule has 0 aliphatic rings. The highest BCUT2D eigenvalue weighted by Gasteiger charge is 2.09. The summed E-state index contributed by atoms with van der Waals surface area (Å²) in [5.74, 6) is 0.364. The molecule has 6 nitrogen and oxygen atoms in total. The van der Waals surface area contributed by atoms with Crippen LogP contribution in [0.4, 0.5) is 5.69 Å². The largest absolute Gasteiger partial charge is 0.497 e. The molecule has 0 heterocycles. The van der Waals surface area contributed by atoms with Gasteiger partial charge in [0.05, 0.1) is 7.11 Å². The van der Waals surface area contributed by atoms with Crippen LogP contribution in [-0.2, 0) is 0 Å². The first-order valence-corrected chi connectivity index (χ1v) is 8.48. The number of rotatable bonds is 8. The van der Waals surface area contributed by atoms with Crippen LogP contribution in [0.1, 0.15) is 27.1 Å². The number of carbonyl (C=O) groups excluding carboxylic acids is 2. The molecule has 2 N–H and O–H groups in total. The highest BCUT2D eigenvalue weighted by atomic mass is 16.5. The van der Waals surface area contributed by atoms with Crippen molar-refractivity contribution in [3.63, 3.8) is 0 Å². The van der Waals surface area contributed by atoms with E-state index in [9.17, 15) is 9.59 Å². The van der Waals surface area contributed by atoms with Gasteiger partial charge in [0.1, 0.15) is 5.75 Å². The number of anilines is 1. The minimum Gasteiger partial charge on any atom is -0.497 e. The zero-order valence-corrected chi connectivity index (χ0v) is 15.4. The van der Waals surface area contributed by atoms with Crippen LogP contribution in [0.15, 0.2) is 48.5 Å². The number of hydrogen-bond acceptors (Lipinski definition) is 4. The van der Waals surface area contributed by atoms with Gasteiger partial charge in [-0.05, 0) is 75.6 Å². The van der Waals surface area contributed by atoms with Crippen LogP contribution < -0.4 is 15.4 Å². The molecule has 0 fully saturated rings. The summed E-state index contributed by atoms with van der Waals surface area (Å²) in [5, 5.41) is 5.69. The Bertz CT molecular complexity index is 725. The zero-order valence-electron chi connectivity index (χ0n) is 15.4. The fourth-order valence-corrected chi connectivity index (χ4v) is 2.35. The molecule has 138 valence electrons. The van der Waals surface area contributed by atoms with Crippen molar-refractivity contribution in [3.8, 4) is 5.75 Å². The van der Waals surface area contributed by atoms with E-state index in [1.54, 1.807) is 55.6 Å². The van der Waals surface area contributed by atoms with Gasteiger partial charge in [0.15, 0.2) is 0 Å². The van der Waals surface area contributed by atoms with Gasteiger partial charge in [-0.1, -0.05) is 0 Å². The van der Waals surface area contributed by atoms with Crippen molar-refractivity contribution in [2.75, 3.05) is 39.6 Å². The van der Waals surface area contributed by atoms with Crippen molar-refractivity contribution in [1.29, 1.82) is 0 Å². The number of benzene rings is 2. The molecule has 6 heteroatoms. The SMILES string of the molecule is COc1ccc(NC(=O)c2ccc(C(=O)NCCCN(C)C)cc2)cc1. The molecule has 2 aromatic rings. The minimum atomic E-state index is -0.229. The van der Waals surface area contributed by atoms with E-state index in [4.69, 9.17) is 4.74 Å². The van der Waals surface area contributed by atoms with E-state index in [0.717, 1.165) is 18.7 Å². The average molecular weight is 355 g/mol. The molecule has 0 saturated carbocycles. The molecule has 0 radical (unpaired) electrons. The molecular formula is C20H25N3O3. The summed E-state index contributed by atoms with van der Waals surface area (Å²) in [4.78, 5) is 26.4. The van der Waals surface area contributed by atoms with Crippen LogP contribution in [0.3, 0.4) is 0 Å². The summed E-state index contributed by atoms with van der Waals surface area (Å²) in [6, 6.07) is 13.7. The van der Waals surface area contributed by atoms with Crippen LogP contribution in [0.25, 0.3) is 0 Å². The second-order valence-corrected chi connectivity index (χ2v) is 6.17. The van der Waals surface area contributed by atoms with Crippen molar-refractivity contribution in [2.45, 2.75) is 6.42 Å². The summed E-state index contributed by atoms with van der Waals surface area (Å²) in [6.07, 6.45) is 0.890. The standard InChI is InChI=1S/C20H25N3O3/c1-23(2)14-4-13-21-19(24)15-5-7-16(8-6-15)20(25)22-17-9-11-18(26-3)12-10-17/h5-12H,4,13-14H2,1-3H3,(H,21,24)(H,22,25). The molecule has 0 saturated heterocycles. The van der Waals surface area contributed by atoms with E-state index in [-0.39, 0.29) is 11.8 Å². The Hall–Kier alpha value is -2.86. The van der Waals surface area contributed by atoms with Crippen LogP contribution in [-0.4, -0.2) is 51.0 Å². The molecule has 26 heavy (non-hydrogen) atoms. The molecule has 2 rings (SSSR count). The van der Waals surface area contributed by atoms with E-state index in [2.05, 4.69) is 15.5 Å². The topological polar surface area (TPSA) is 70.7 Å². The van der Waals surface area contributed by atoms with Gasteiger partial charge in [-0.3, -0.25) is 9.59 Å². The molecule has 0 bridgehead atoms. The Labute approximate surface area is 154 Å². The third kappa shape index (κ3) is 5.89. The van der Waals surface area contributed by atoms with E-state index in [1.165, 1.54) is 0 Å².